The Morgan fingerprint density at radius 2 is 2.31 bits per heavy atom. The monoisotopic (exact) mass is 252 g/mol. The highest BCUT2D eigenvalue weighted by molar-refractivity contribution is 7.80. The first-order valence-electron chi connectivity index (χ1n) is 4.64. The maximum atomic E-state index is 11.3. The van der Waals surface area contributed by atoms with Gasteiger partial charge in [-0.3, -0.25) is 9.69 Å². The topological polar surface area (TPSA) is 32.3 Å². The number of carbonyl (C=O) groups is 1. The van der Waals surface area contributed by atoms with Gasteiger partial charge in [0.05, 0.1) is 6.54 Å². The molecule has 1 aromatic rings. The third-order valence-corrected chi connectivity index (χ3v) is 2.78. The zero-order valence-corrected chi connectivity index (χ0v) is 9.94. The number of thiocarbonyl (C=S) groups is 1. The number of nitrogens with one attached hydrogen (secondary N) is 1. The lowest BCUT2D eigenvalue weighted by Crippen LogP contribution is -2.51. The lowest BCUT2D eigenvalue weighted by molar-refractivity contribution is -0.127. The van der Waals surface area contributed by atoms with Gasteiger partial charge in [-0.15, -0.1) is 0 Å². The molecular weight excluding hydrogens is 244 g/mol. The molecule has 1 heterocycles. The first kappa shape index (κ1) is 11.1. The van der Waals surface area contributed by atoms with Crippen molar-refractivity contribution in [1.82, 2.24) is 4.90 Å². The Balaban J connectivity index is 2.03. The molecule has 0 spiro atoms. The van der Waals surface area contributed by atoms with Crippen molar-refractivity contribution in [3.05, 3.63) is 41.4 Å². The number of nitrogens with zero attached hydrogens (tertiary/aromatic N) is 1. The first-order chi connectivity index (χ1) is 7.58. The van der Waals surface area contributed by atoms with Crippen molar-refractivity contribution >= 4 is 40.5 Å². The number of likely N-dealkylation sites (tertiary alicyclic amines) is 1. The fraction of sp³-hybridized carbons (Fsp3) is 0.0909. The summed E-state index contributed by atoms with van der Waals surface area (Å²) in [5, 5.41) is 3.94. The van der Waals surface area contributed by atoms with E-state index in [1.165, 1.54) is 4.90 Å². The number of benzene rings is 1. The summed E-state index contributed by atoms with van der Waals surface area (Å²) in [5.74, 6) is -0.125. The average molecular weight is 253 g/mol. The van der Waals surface area contributed by atoms with Gasteiger partial charge in [-0.25, -0.2) is 0 Å². The summed E-state index contributed by atoms with van der Waals surface area (Å²) in [6.07, 6.45) is 0. The van der Waals surface area contributed by atoms with Gasteiger partial charge >= 0.3 is 0 Å². The van der Waals surface area contributed by atoms with E-state index in [1.807, 2.05) is 12.1 Å². The molecule has 0 saturated carbocycles. The van der Waals surface area contributed by atoms with E-state index in [9.17, 15) is 4.79 Å². The predicted octanol–water partition coefficient (Wildman–Crippen LogP) is 2.44. The van der Waals surface area contributed by atoms with Gasteiger partial charge < -0.3 is 5.32 Å². The minimum absolute atomic E-state index is 0.125. The molecule has 0 bridgehead atoms. The van der Waals surface area contributed by atoms with E-state index in [2.05, 4.69) is 11.9 Å². The number of anilines is 1. The lowest BCUT2D eigenvalue weighted by Gasteiger charge is -2.32. The van der Waals surface area contributed by atoms with Crippen LogP contribution in [0.2, 0.25) is 5.02 Å². The highest BCUT2D eigenvalue weighted by Gasteiger charge is 2.31. The summed E-state index contributed by atoms with van der Waals surface area (Å²) >= 11 is 10.9. The number of hydrogen-bond acceptors (Lipinski definition) is 2. The van der Waals surface area contributed by atoms with Crippen molar-refractivity contribution < 1.29 is 4.79 Å². The Morgan fingerprint density at radius 1 is 1.56 bits per heavy atom. The molecule has 0 radical (unpaired) electrons. The largest absolute Gasteiger partial charge is 0.332 e. The maximum absolute atomic E-state index is 11.3. The van der Waals surface area contributed by atoms with E-state index in [1.54, 1.807) is 12.1 Å². The summed E-state index contributed by atoms with van der Waals surface area (Å²) in [6, 6.07) is 7.15. The van der Waals surface area contributed by atoms with Crippen LogP contribution in [0.15, 0.2) is 36.4 Å². The van der Waals surface area contributed by atoms with Crippen molar-refractivity contribution in [2.24, 2.45) is 0 Å². The fourth-order valence-electron chi connectivity index (χ4n) is 1.35. The molecule has 5 heteroatoms. The molecule has 1 aliphatic rings. The highest BCUT2D eigenvalue weighted by Crippen LogP contribution is 2.19. The number of carbonyl (C=O) groups excluding carboxylic acids is 1. The number of amides is 1. The van der Waals surface area contributed by atoms with E-state index in [0.717, 1.165) is 5.69 Å². The Hall–Kier alpha value is -1.39. The van der Waals surface area contributed by atoms with Gasteiger partial charge in [-0.1, -0.05) is 24.2 Å². The number of halogens is 1. The van der Waals surface area contributed by atoms with Gasteiger partial charge in [0.2, 0.25) is 0 Å². The van der Waals surface area contributed by atoms with Crippen molar-refractivity contribution in [1.29, 1.82) is 0 Å². The molecule has 0 unspecified atom stereocenters. The van der Waals surface area contributed by atoms with E-state index in [-0.39, 0.29) is 5.91 Å². The molecule has 1 N–H and O–H groups in total. The van der Waals surface area contributed by atoms with Gasteiger partial charge in [-0.05, 0) is 30.4 Å². The van der Waals surface area contributed by atoms with Crippen molar-refractivity contribution in [3.63, 3.8) is 0 Å². The van der Waals surface area contributed by atoms with Crippen molar-refractivity contribution in [2.75, 3.05) is 11.9 Å². The molecule has 0 atom stereocenters. The minimum Gasteiger partial charge on any atom is -0.332 e. The molecule has 1 saturated heterocycles. The van der Waals surface area contributed by atoms with Crippen LogP contribution in [0, 0.1) is 0 Å². The van der Waals surface area contributed by atoms with Gasteiger partial charge in [0, 0.05) is 16.3 Å². The zero-order chi connectivity index (χ0) is 11.7. The third kappa shape index (κ3) is 2.08. The molecule has 16 heavy (non-hydrogen) atoms. The van der Waals surface area contributed by atoms with Crippen molar-refractivity contribution in [3.8, 4) is 0 Å². The third-order valence-electron chi connectivity index (χ3n) is 2.22. The summed E-state index contributed by atoms with van der Waals surface area (Å²) in [7, 11) is 0. The first-order valence-corrected chi connectivity index (χ1v) is 5.43. The van der Waals surface area contributed by atoms with Crippen LogP contribution in [-0.2, 0) is 4.79 Å². The van der Waals surface area contributed by atoms with E-state index < -0.39 is 0 Å². The molecule has 1 amide bonds. The van der Waals surface area contributed by atoms with Crippen LogP contribution in [0.3, 0.4) is 0 Å². The number of rotatable bonds is 1. The molecule has 0 aliphatic carbocycles. The van der Waals surface area contributed by atoms with Gasteiger partial charge in [0.15, 0.2) is 5.11 Å². The lowest BCUT2D eigenvalue weighted by atomic mass is 10.1. The molecule has 1 aromatic carbocycles. The van der Waals surface area contributed by atoms with E-state index in [0.29, 0.717) is 22.3 Å². The van der Waals surface area contributed by atoms with Gasteiger partial charge in [0.25, 0.3) is 5.91 Å². The van der Waals surface area contributed by atoms with Crippen LogP contribution in [0.25, 0.3) is 0 Å². The van der Waals surface area contributed by atoms with Crippen LogP contribution >= 0.6 is 23.8 Å². The summed E-state index contributed by atoms with van der Waals surface area (Å²) in [6.45, 7) is 4.09. The van der Waals surface area contributed by atoms with Crippen LogP contribution < -0.4 is 5.32 Å². The fourth-order valence-corrected chi connectivity index (χ4v) is 1.81. The van der Waals surface area contributed by atoms with Crippen LogP contribution in [0.4, 0.5) is 5.69 Å². The minimum atomic E-state index is -0.125. The van der Waals surface area contributed by atoms with Crippen LogP contribution in [0.1, 0.15) is 0 Å². The normalized spacial score (nSPS) is 14.7. The summed E-state index contributed by atoms with van der Waals surface area (Å²) < 4.78 is 0. The molecule has 0 aromatic heterocycles. The van der Waals surface area contributed by atoms with Gasteiger partial charge in [0.1, 0.15) is 0 Å². The molecule has 1 aliphatic heterocycles. The average Bonchev–Trinajstić information content (AvgIpc) is 2.25. The van der Waals surface area contributed by atoms with Crippen molar-refractivity contribution in [2.45, 2.75) is 0 Å². The van der Waals surface area contributed by atoms with E-state index >= 15 is 0 Å². The highest BCUT2D eigenvalue weighted by atomic mass is 35.5. The number of β-lactam (4-membered cyclic amide) rings is 1. The van der Waals surface area contributed by atoms with Gasteiger partial charge in [-0.2, -0.15) is 0 Å². The molecule has 82 valence electrons. The Kier molecular flexibility index (Phi) is 2.94. The Bertz CT molecular complexity index is 487. The maximum Gasteiger partial charge on any atom is 0.257 e. The Labute approximate surface area is 104 Å². The standard InChI is InChI=1S/C11H9ClN2OS/c1-7-6-14(10(7)15)11(16)13-9-4-2-3-8(12)5-9/h2-5H,1,6H2,(H,13,16). The van der Waals surface area contributed by atoms with E-state index in [4.69, 9.17) is 23.8 Å². The summed E-state index contributed by atoms with van der Waals surface area (Å²) in [4.78, 5) is 12.8. The molecule has 1 fully saturated rings. The second-order valence-electron chi connectivity index (χ2n) is 3.44. The molecule has 2 rings (SSSR count). The number of hydrogen-bond donors (Lipinski definition) is 1. The SMILES string of the molecule is C=C1CN(C(=S)Nc2cccc(Cl)c2)C1=O. The summed E-state index contributed by atoms with van der Waals surface area (Å²) in [5.41, 5.74) is 1.35. The molecule has 3 nitrogen and oxygen atoms in total. The Morgan fingerprint density at radius 3 is 2.88 bits per heavy atom. The quantitative estimate of drug-likeness (QED) is 0.473. The predicted molar refractivity (Wildman–Crippen MR) is 68.5 cm³/mol. The second-order valence-corrected chi connectivity index (χ2v) is 4.26. The van der Waals surface area contributed by atoms with Crippen LogP contribution in [0.5, 0.6) is 0 Å². The zero-order valence-electron chi connectivity index (χ0n) is 8.37. The second kappa shape index (κ2) is 4.23. The molecular formula is C11H9ClN2OS. The smallest absolute Gasteiger partial charge is 0.257 e. The van der Waals surface area contributed by atoms with Crippen LogP contribution in [-0.4, -0.2) is 22.5 Å².